The fraction of sp³-hybridized carbons (Fsp3) is 0.222. The highest BCUT2D eigenvalue weighted by Gasteiger charge is 2.10. The Labute approximate surface area is 74.5 Å². The lowest BCUT2D eigenvalue weighted by atomic mass is 10.3. The van der Waals surface area contributed by atoms with Crippen LogP contribution in [-0.2, 0) is 0 Å². The molecular formula is C9H8F2N2. The minimum atomic E-state index is -0.834. The number of halogens is 2. The van der Waals surface area contributed by atoms with Crippen LogP contribution in [0.3, 0.4) is 0 Å². The molecule has 0 fully saturated rings. The Balaban J connectivity index is 2.30. The fourth-order valence-corrected chi connectivity index (χ4v) is 1.24. The normalized spacial score (nSPS) is 15.4. The van der Waals surface area contributed by atoms with Gasteiger partial charge in [-0.15, -0.1) is 0 Å². The number of benzene rings is 1. The van der Waals surface area contributed by atoms with Crippen molar-refractivity contribution in [2.45, 2.75) is 6.42 Å². The average molecular weight is 182 g/mol. The van der Waals surface area contributed by atoms with E-state index in [2.05, 4.69) is 5.10 Å². The zero-order chi connectivity index (χ0) is 9.26. The van der Waals surface area contributed by atoms with Gasteiger partial charge in [0.15, 0.2) is 11.6 Å². The van der Waals surface area contributed by atoms with Gasteiger partial charge in [-0.2, -0.15) is 5.10 Å². The molecule has 4 heteroatoms. The van der Waals surface area contributed by atoms with Crippen LogP contribution in [0.1, 0.15) is 6.42 Å². The SMILES string of the molecule is Fc1ccc(N2CCC=N2)cc1F. The van der Waals surface area contributed by atoms with Crippen LogP contribution < -0.4 is 5.01 Å². The van der Waals surface area contributed by atoms with Crippen LogP contribution in [0.4, 0.5) is 14.5 Å². The minimum Gasteiger partial charge on any atom is -0.265 e. The van der Waals surface area contributed by atoms with E-state index in [1.165, 1.54) is 6.07 Å². The molecule has 1 aromatic rings. The fourth-order valence-electron chi connectivity index (χ4n) is 1.24. The van der Waals surface area contributed by atoms with Gasteiger partial charge in [0.1, 0.15) is 0 Å². The van der Waals surface area contributed by atoms with E-state index in [9.17, 15) is 8.78 Å². The molecule has 1 heterocycles. The minimum absolute atomic E-state index is 0.590. The zero-order valence-corrected chi connectivity index (χ0v) is 6.87. The van der Waals surface area contributed by atoms with Crippen LogP contribution in [0.5, 0.6) is 0 Å². The summed E-state index contributed by atoms with van der Waals surface area (Å²) in [5, 5.41) is 5.64. The molecule has 0 unspecified atom stereocenters. The highest BCUT2D eigenvalue weighted by Crippen LogP contribution is 2.19. The van der Waals surface area contributed by atoms with E-state index >= 15 is 0 Å². The molecule has 0 bridgehead atoms. The topological polar surface area (TPSA) is 15.6 Å². The lowest BCUT2D eigenvalue weighted by Crippen LogP contribution is -2.12. The van der Waals surface area contributed by atoms with Crippen molar-refractivity contribution < 1.29 is 8.78 Å². The van der Waals surface area contributed by atoms with Crippen LogP contribution >= 0.6 is 0 Å². The van der Waals surface area contributed by atoms with Crippen molar-refractivity contribution >= 4 is 11.9 Å². The summed E-state index contributed by atoms with van der Waals surface area (Å²) < 4.78 is 25.3. The first-order valence-electron chi connectivity index (χ1n) is 4.02. The van der Waals surface area contributed by atoms with Crippen molar-refractivity contribution in [2.24, 2.45) is 5.10 Å². The Kier molecular flexibility index (Phi) is 1.96. The number of hydrazone groups is 1. The number of nitrogens with zero attached hydrogens (tertiary/aromatic N) is 2. The third-order valence-corrected chi connectivity index (χ3v) is 1.89. The van der Waals surface area contributed by atoms with E-state index in [1.807, 2.05) is 0 Å². The number of hydrogen-bond acceptors (Lipinski definition) is 2. The lowest BCUT2D eigenvalue weighted by molar-refractivity contribution is 0.508. The molecule has 0 amide bonds. The van der Waals surface area contributed by atoms with E-state index < -0.39 is 11.6 Å². The lowest BCUT2D eigenvalue weighted by Gasteiger charge is -2.13. The summed E-state index contributed by atoms with van der Waals surface area (Å²) >= 11 is 0. The van der Waals surface area contributed by atoms with Crippen molar-refractivity contribution in [3.8, 4) is 0 Å². The molecule has 1 aliphatic heterocycles. The maximum Gasteiger partial charge on any atom is 0.160 e. The van der Waals surface area contributed by atoms with Gasteiger partial charge in [-0.3, -0.25) is 5.01 Å². The Bertz CT molecular complexity index is 349. The largest absolute Gasteiger partial charge is 0.265 e. The highest BCUT2D eigenvalue weighted by atomic mass is 19.2. The molecule has 1 aromatic carbocycles. The molecular weight excluding hydrogens is 174 g/mol. The Hall–Kier alpha value is -1.45. The summed E-state index contributed by atoms with van der Waals surface area (Å²) in [5.74, 6) is -1.66. The first-order valence-corrected chi connectivity index (χ1v) is 4.02. The molecule has 0 radical (unpaired) electrons. The second-order valence-corrected chi connectivity index (χ2v) is 2.81. The predicted octanol–water partition coefficient (Wildman–Crippen LogP) is 2.16. The van der Waals surface area contributed by atoms with Crippen LogP contribution in [0.15, 0.2) is 23.3 Å². The maximum absolute atomic E-state index is 12.8. The molecule has 2 nitrogen and oxygen atoms in total. The third-order valence-electron chi connectivity index (χ3n) is 1.89. The van der Waals surface area contributed by atoms with Gasteiger partial charge in [0.05, 0.1) is 5.69 Å². The molecule has 0 N–H and O–H groups in total. The van der Waals surface area contributed by atoms with Gasteiger partial charge in [-0.05, 0) is 12.1 Å². The summed E-state index contributed by atoms with van der Waals surface area (Å²) in [6.45, 7) is 0.727. The monoisotopic (exact) mass is 182 g/mol. The van der Waals surface area contributed by atoms with E-state index in [-0.39, 0.29) is 0 Å². The molecule has 2 rings (SSSR count). The van der Waals surface area contributed by atoms with Crippen LogP contribution in [0, 0.1) is 11.6 Å². The van der Waals surface area contributed by atoms with Crippen molar-refractivity contribution in [1.29, 1.82) is 0 Å². The molecule has 1 aliphatic rings. The molecule has 0 aromatic heterocycles. The maximum atomic E-state index is 12.8. The van der Waals surface area contributed by atoms with E-state index in [0.717, 1.165) is 25.1 Å². The van der Waals surface area contributed by atoms with Gasteiger partial charge in [0.25, 0.3) is 0 Å². The van der Waals surface area contributed by atoms with E-state index in [4.69, 9.17) is 0 Å². The van der Waals surface area contributed by atoms with Crippen LogP contribution in [-0.4, -0.2) is 12.8 Å². The average Bonchev–Trinajstić information content (AvgIpc) is 2.62. The van der Waals surface area contributed by atoms with Crippen molar-refractivity contribution in [3.63, 3.8) is 0 Å². The van der Waals surface area contributed by atoms with Crippen molar-refractivity contribution in [2.75, 3.05) is 11.6 Å². The molecule has 0 atom stereocenters. The summed E-state index contributed by atoms with van der Waals surface area (Å²) in [6.07, 6.45) is 2.60. The molecule has 13 heavy (non-hydrogen) atoms. The first kappa shape index (κ1) is 8.16. The highest BCUT2D eigenvalue weighted by molar-refractivity contribution is 5.65. The Morgan fingerprint density at radius 2 is 2.08 bits per heavy atom. The molecule has 68 valence electrons. The van der Waals surface area contributed by atoms with Gasteiger partial charge in [0, 0.05) is 25.2 Å². The van der Waals surface area contributed by atoms with Crippen LogP contribution in [0.25, 0.3) is 0 Å². The summed E-state index contributed by atoms with van der Waals surface area (Å²) in [7, 11) is 0. The summed E-state index contributed by atoms with van der Waals surface area (Å²) in [5.41, 5.74) is 0.590. The van der Waals surface area contributed by atoms with Gasteiger partial charge in [-0.1, -0.05) is 0 Å². The van der Waals surface area contributed by atoms with Crippen LogP contribution in [0.2, 0.25) is 0 Å². The number of rotatable bonds is 1. The summed E-state index contributed by atoms with van der Waals surface area (Å²) in [4.78, 5) is 0. The van der Waals surface area contributed by atoms with Gasteiger partial charge in [-0.25, -0.2) is 8.78 Å². The predicted molar refractivity (Wildman–Crippen MR) is 46.8 cm³/mol. The molecule has 0 spiro atoms. The second kappa shape index (κ2) is 3.12. The smallest absolute Gasteiger partial charge is 0.160 e. The van der Waals surface area contributed by atoms with Gasteiger partial charge < -0.3 is 0 Å². The van der Waals surface area contributed by atoms with E-state index in [1.54, 1.807) is 11.2 Å². The van der Waals surface area contributed by atoms with Crippen molar-refractivity contribution in [3.05, 3.63) is 29.8 Å². The Morgan fingerprint density at radius 1 is 1.23 bits per heavy atom. The summed E-state index contributed by atoms with van der Waals surface area (Å²) in [6, 6.07) is 3.78. The number of hydrogen-bond donors (Lipinski definition) is 0. The second-order valence-electron chi connectivity index (χ2n) is 2.81. The number of anilines is 1. The van der Waals surface area contributed by atoms with Gasteiger partial charge >= 0.3 is 0 Å². The third kappa shape index (κ3) is 1.52. The first-order chi connectivity index (χ1) is 6.27. The molecule has 0 saturated heterocycles. The molecule has 0 aliphatic carbocycles. The van der Waals surface area contributed by atoms with E-state index in [0.29, 0.717) is 5.69 Å². The Morgan fingerprint density at radius 3 is 2.69 bits per heavy atom. The molecule has 0 saturated carbocycles. The zero-order valence-electron chi connectivity index (χ0n) is 6.87. The van der Waals surface area contributed by atoms with Crippen molar-refractivity contribution in [1.82, 2.24) is 0 Å². The standard InChI is InChI=1S/C9H8F2N2/c10-8-3-2-7(6-9(8)11)13-5-1-4-12-13/h2-4,6H,1,5H2. The quantitative estimate of drug-likeness (QED) is 0.649. The van der Waals surface area contributed by atoms with Gasteiger partial charge in [0.2, 0.25) is 0 Å².